The minimum atomic E-state index is -1.23. The molecule has 1 aromatic rings. The molecule has 20 heavy (non-hydrogen) atoms. The third-order valence-corrected chi connectivity index (χ3v) is 5.90. The lowest BCUT2D eigenvalue weighted by Gasteiger charge is -2.32. The number of benzene rings is 1. The molecule has 0 saturated heterocycles. The van der Waals surface area contributed by atoms with E-state index in [1.54, 1.807) is 0 Å². The predicted octanol–water partition coefficient (Wildman–Crippen LogP) is 4.46. The maximum atomic E-state index is 9.96. The van der Waals surface area contributed by atoms with Crippen molar-refractivity contribution >= 4 is 8.07 Å². The average molecular weight is 289 g/mol. The van der Waals surface area contributed by atoms with Crippen LogP contribution in [0.5, 0.6) is 0 Å². The molecular weight excluding hydrogens is 260 g/mol. The third kappa shape index (κ3) is 3.07. The Kier molecular flexibility index (Phi) is 4.26. The Hall–Kier alpha value is -0.863. The molecule has 1 aliphatic rings. The first-order valence-electron chi connectivity index (χ1n) is 7.66. The number of rotatable bonds is 3. The second-order valence-corrected chi connectivity index (χ2v) is 12.6. The Morgan fingerprint density at radius 3 is 2.35 bits per heavy atom. The molecule has 0 amide bonds. The van der Waals surface area contributed by atoms with Crippen molar-refractivity contribution in [3.8, 4) is 0 Å². The quantitative estimate of drug-likeness (QED) is 0.814. The van der Waals surface area contributed by atoms with E-state index in [0.717, 1.165) is 12.8 Å². The minimum absolute atomic E-state index is 0.0912. The van der Waals surface area contributed by atoms with E-state index in [2.05, 4.69) is 63.5 Å². The van der Waals surface area contributed by atoms with Gasteiger partial charge in [0.05, 0.1) is 14.7 Å². The highest BCUT2D eigenvalue weighted by Crippen LogP contribution is 2.48. The van der Waals surface area contributed by atoms with Gasteiger partial charge in [-0.3, -0.25) is 0 Å². The van der Waals surface area contributed by atoms with Gasteiger partial charge in [0.15, 0.2) is 0 Å². The molecule has 1 nitrogen and oxygen atoms in total. The molecule has 0 unspecified atom stereocenters. The van der Waals surface area contributed by atoms with Crippen molar-refractivity contribution in [2.45, 2.75) is 51.7 Å². The van der Waals surface area contributed by atoms with Crippen molar-refractivity contribution < 1.29 is 5.11 Å². The molecule has 0 radical (unpaired) electrons. The molecule has 110 valence electrons. The van der Waals surface area contributed by atoms with Crippen LogP contribution in [0.2, 0.25) is 19.6 Å². The van der Waals surface area contributed by atoms with Gasteiger partial charge in [-0.1, -0.05) is 67.7 Å². The lowest BCUT2D eigenvalue weighted by molar-refractivity contribution is 0.200. The van der Waals surface area contributed by atoms with Gasteiger partial charge in [0.1, 0.15) is 0 Å². The lowest BCUT2D eigenvalue weighted by Crippen LogP contribution is -2.31. The van der Waals surface area contributed by atoms with E-state index >= 15 is 0 Å². The van der Waals surface area contributed by atoms with E-state index in [9.17, 15) is 5.11 Å². The van der Waals surface area contributed by atoms with Crippen molar-refractivity contribution in [1.29, 1.82) is 0 Å². The van der Waals surface area contributed by atoms with Gasteiger partial charge in [-0.15, -0.1) is 0 Å². The van der Waals surface area contributed by atoms with E-state index in [4.69, 9.17) is 0 Å². The normalized spacial score (nSPS) is 29.1. The smallest absolute Gasteiger partial charge is 0.0686 e. The highest BCUT2D eigenvalue weighted by atomic mass is 28.3. The van der Waals surface area contributed by atoms with E-state index in [1.807, 2.05) is 0 Å². The SMILES string of the molecule is Cc1ccc([C@]2(C)CC/C(=C\[Si](C)(C)C)[C@@H]2CO)cc1. The molecule has 1 N–H and O–H groups in total. The summed E-state index contributed by atoms with van der Waals surface area (Å²) in [6, 6.07) is 8.87. The zero-order chi connectivity index (χ0) is 15.0. The van der Waals surface area contributed by atoms with Gasteiger partial charge < -0.3 is 5.11 Å². The molecule has 2 heteroatoms. The van der Waals surface area contributed by atoms with Crippen LogP contribution in [0.1, 0.15) is 30.9 Å². The van der Waals surface area contributed by atoms with Gasteiger partial charge in [-0.05, 0) is 25.3 Å². The summed E-state index contributed by atoms with van der Waals surface area (Å²) >= 11 is 0. The van der Waals surface area contributed by atoms with Crippen LogP contribution >= 0.6 is 0 Å². The number of aryl methyl sites for hydroxylation is 1. The molecule has 0 aliphatic heterocycles. The second kappa shape index (κ2) is 5.49. The first-order valence-corrected chi connectivity index (χ1v) is 11.2. The van der Waals surface area contributed by atoms with Crippen LogP contribution in [0.15, 0.2) is 35.5 Å². The van der Waals surface area contributed by atoms with E-state index in [1.165, 1.54) is 16.7 Å². The Morgan fingerprint density at radius 1 is 1.25 bits per heavy atom. The van der Waals surface area contributed by atoms with Crippen molar-refractivity contribution in [3.05, 3.63) is 46.7 Å². The molecule has 0 heterocycles. The van der Waals surface area contributed by atoms with Crippen LogP contribution < -0.4 is 0 Å². The van der Waals surface area contributed by atoms with E-state index in [0.29, 0.717) is 0 Å². The Labute approximate surface area is 124 Å². The summed E-state index contributed by atoms with van der Waals surface area (Å²) < 4.78 is 0. The topological polar surface area (TPSA) is 20.2 Å². The van der Waals surface area contributed by atoms with Crippen molar-refractivity contribution in [1.82, 2.24) is 0 Å². The van der Waals surface area contributed by atoms with Gasteiger partial charge in [0, 0.05) is 11.3 Å². The third-order valence-electron chi connectivity index (χ3n) is 4.66. The molecule has 1 aromatic carbocycles. The molecule has 1 saturated carbocycles. The molecule has 0 aromatic heterocycles. The van der Waals surface area contributed by atoms with Gasteiger partial charge >= 0.3 is 0 Å². The van der Waals surface area contributed by atoms with Gasteiger partial charge in [0.2, 0.25) is 0 Å². The monoisotopic (exact) mass is 288 g/mol. The fourth-order valence-electron chi connectivity index (χ4n) is 3.49. The van der Waals surface area contributed by atoms with Crippen LogP contribution in [0.25, 0.3) is 0 Å². The zero-order valence-corrected chi connectivity index (χ0v) is 14.5. The van der Waals surface area contributed by atoms with Gasteiger partial charge in [-0.25, -0.2) is 0 Å². The maximum absolute atomic E-state index is 9.96. The number of hydrogen-bond donors (Lipinski definition) is 1. The van der Waals surface area contributed by atoms with Gasteiger partial charge in [0.25, 0.3) is 0 Å². The fourth-order valence-corrected chi connectivity index (χ4v) is 4.95. The Morgan fingerprint density at radius 2 is 1.85 bits per heavy atom. The highest BCUT2D eigenvalue weighted by molar-refractivity contribution is 6.81. The Balaban J connectivity index is 2.37. The minimum Gasteiger partial charge on any atom is -0.396 e. The highest BCUT2D eigenvalue weighted by Gasteiger charge is 2.42. The average Bonchev–Trinajstić information content (AvgIpc) is 2.65. The van der Waals surface area contributed by atoms with Crippen LogP contribution in [-0.4, -0.2) is 19.8 Å². The standard InChI is InChI=1S/C18H28OSi/c1-14-6-8-16(9-7-14)18(2)11-10-15(17(18)12-19)13-20(3,4)5/h6-9,13,17,19H,10-12H2,1-5H3/b15-13+/t17-,18-/m0/s1. The van der Waals surface area contributed by atoms with E-state index < -0.39 is 8.07 Å². The van der Waals surface area contributed by atoms with E-state index in [-0.39, 0.29) is 17.9 Å². The van der Waals surface area contributed by atoms with Crippen LogP contribution in [0.3, 0.4) is 0 Å². The summed E-state index contributed by atoms with van der Waals surface area (Å²) in [5, 5.41) is 9.96. The van der Waals surface area contributed by atoms with Crippen LogP contribution in [0.4, 0.5) is 0 Å². The summed E-state index contributed by atoms with van der Waals surface area (Å²) in [6.45, 7) is 11.8. The predicted molar refractivity (Wildman–Crippen MR) is 89.8 cm³/mol. The van der Waals surface area contributed by atoms with Crippen molar-refractivity contribution in [2.75, 3.05) is 6.61 Å². The molecule has 1 fully saturated rings. The molecule has 0 spiro atoms. The molecule has 2 rings (SSSR count). The fraction of sp³-hybridized carbons (Fsp3) is 0.556. The summed E-state index contributed by atoms with van der Waals surface area (Å²) in [5.41, 5.74) is 6.77. The van der Waals surface area contributed by atoms with Crippen LogP contribution in [-0.2, 0) is 5.41 Å². The number of hydrogen-bond acceptors (Lipinski definition) is 1. The number of aliphatic hydroxyl groups is 1. The molecule has 2 atom stereocenters. The number of aliphatic hydroxyl groups excluding tert-OH is 1. The second-order valence-electron chi connectivity index (χ2n) is 7.60. The van der Waals surface area contributed by atoms with Crippen molar-refractivity contribution in [3.63, 3.8) is 0 Å². The Bertz CT molecular complexity index is 495. The first-order chi connectivity index (χ1) is 9.26. The molecule has 0 bridgehead atoms. The maximum Gasteiger partial charge on any atom is 0.0686 e. The first kappa shape index (κ1) is 15.5. The van der Waals surface area contributed by atoms with Gasteiger partial charge in [-0.2, -0.15) is 0 Å². The summed E-state index contributed by atoms with van der Waals surface area (Å²) in [6.07, 6.45) is 2.29. The summed E-state index contributed by atoms with van der Waals surface area (Å²) in [4.78, 5) is 0. The molecule has 1 aliphatic carbocycles. The van der Waals surface area contributed by atoms with Crippen LogP contribution in [0, 0.1) is 12.8 Å². The summed E-state index contributed by atoms with van der Waals surface area (Å²) in [7, 11) is -1.23. The van der Waals surface area contributed by atoms with Crippen molar-refractivity contribution in [2.24, 2.45) is 5.92 Å². The molecular formula is C18H28OSi. The summed E-state index contributed by atoms with van der Waals surface area (Å²) in [5.74, 6) is 0.289. The largest absolute Gasteiger partial charge is 0.396 e. The lowest BCUT2D eigenvalue weighted by atomic mass is 9.73. The zero-order valence-electron chi connectivity index (χ0n) is 13.5.